The van der Waals surface area contributed by atoms with E-state index in [-0.39, 0.29) is 34.5 Å². The number of anilines is 2. The summed E-state index contributed by atoms with van der Waals surface area (Å²) in [6.07, 6.45) is 0.650. The van der Waals surface area contributed by atoms with Gasteiger partial charge in [-0.3, -0.25) is 9.48 Å². The van der Waals surface area contributed by atoms with Gasteiger partial charge in [0.15, 0.2) is 11.6 Å². The Morgan fingerprint density at radius 1 is 1.20 bits per heavy atom. The highest BCUT2D eigenvalue weighted by atomic mass is 19.1. The molecule has 0 radical (unpaired) electrons. The normalized spacial score (nSPS) is 15.6. The number of aromatic nitrogens is 4. The number of hydrogen-bond donors (Lipinski definition) is 2. The summed E-state index contributed by atoms with van der Waals surface area (Å²) in [7, 11) is 1.90. The lowest BCUT2D eigenvalue weighted by molar-refractivity contribution is 0.0277. The third-order valence-corrected chi connectivity index (χ3v) is 7.25. The number of hydrogen-bond acceptors (Lipinski definition) is 9. The van der Waals surface area contributed by atoms with Gasteiger partial charge >= 0.3 is 5.63 Å². The molecule has 4 heterocycles. The zero-order valence-corrected chi connectivity index (χ0v) is 23.1. The number of rotatable bonds is 6. The number of aryl methyl sites for hydroxylation is 1. The number of benzene rings is 2. The van der Waals surface area contributed by atoms with Crippen LogP contribution in [-0.2, 0) is 11.8 Å². The van der Waals surface area contributed by atoms with Gasteiger partial charge in [0.1, 0.15) is 16.8 Å². The number of carbonyl (C=O) groups excluding carboxylic acids is 1. The van der Waals surface area contributed by atoms with Crippen molar-refractivity contribution < 1.29 is 18.3 Å². The van der Waals surface area contributed by atoms with Gasteiger partial charge in [-0.25, -0.2) is 19.2 Å². The molecule has 5 aromatic rings. The van der Waals surface area contributed by atoms with E-state index in [0.717, 1.165) is 22.8 Å². The fourth-order valence-electron chi connectivity index (χ4n) is 5.53. The topological polar surface area (TPSA) is 124 Å². The maximum absolute atomic E-state index is 15.0. The number of ether oxygens (including phenoxy) is 1. The van der Waals surface area contributed by atoms with Gasteiger partial charge in [-0.15, -0.1) is 0 Å². The van der Waals surface area contributed by atoms with E-state index in [1.807, 2.05) is 23.9 Å². The summed E-state index contributed by atoms with van der Waals surface area (Å²) in [6, 6.07) is 10.7. The van der Waals surface area contributed by atoms with Crippen LogP contribution in [0.1, 0.15) is 54.4 Å². The van der Waals surface area contributed by atoms with Gasteiger partial charge < -0.3 is 19.8 Å². The van der Waals surface area contributed by atoms with E-state index >= 15 is 0 Å². The second kappa shape index (κ2) is 10.5. The van der Waals surface area contributed by atoms with E-state index in [0.29, 0.717) is 41.9 Å². The molecule has 1 saturated heterocycles. The van der Waals surface area contributed by atoms with Gasteiger partial charge in [0.05, 0.1) is 24.4 Å². The molecular formula is C30H29FN6O4. The molecule has 3 aromatic heterocycles. The fourth-order valence-corrected chi connectivity index (χ4v) is 5.53. The summed E-state index contributed by atoms with van der Waals surface area (Å²) in [5.74, 6) is -0.548. The Morgan fingerprint density at radius 2 is 2.02 bits per heavy atom. The Bertz CT molecular complexity index is 1870. The zero-order valence-electron chi connectivity index (χ0n) is 23.1. The van der Waals surface area contributed by atoms with Gasteiger partial charge in [-0.05, 0) is 37.1 Å². The summed E-state index contributed by atoms with van der Waals surface area (Å²) >= 11 is 0. The highest BCUT2D eigenvalue weighted by Gasteiger charge is 2.27. The van der Waals surface area contributed by atoms with Gasteiger partial charge in [0.2, 0.25) is 5.95 Å². The summed E-state index contributed by atoms with van der Waals surface area (Å²) in [6.45, 7) is 7.13. The van der Waals surface area contributed by atoms with Gasteiger partial charge in [0, 0.05) is 59.5 Å². The molecule has 11 heteroatoms. The monoisotopic (exact) mass is 556 g/mol. The van der Waals surface area contributed by atoms with Crippen LogP contribution < -0.4 is 16.3 Å². The maximum Gasteiger partial charge on any atom is 0.347 e. The van der Waals surface area contributed by atoms with Crippen LogP contribution in [0.4, 0.5) is 16.0 Å². The van der Waals surface area contributed by atoms with Crippen molar-refractivity contribution in [2.24, 2.45) is 7.05 Å². The highest BCUT2D eigenvalue weighted by molar-refractivity contribution is 6.00. The Labute approximate surface area is 234 Å². The van der Waals surface area contributed by atoms with Crippen molar-refractivity contribution >= 4 is 39.3 Å². The molecule has 0 saturated carbocycles. The van der Waals surface area contributed by atoms with E-state index in [2.05, 4.69) is 39.5 Å². The number of morpholine rings is 1. The average Bonchev–Trinajstić information content (AvgIpc) is 3.28. The number of nitrogens with one attached hydrogen (secondary N) is 2. The van der Waals surface area contributed by atoms with Crippen LogP contribution in [0.5, 0.6) is 0 Å². The Kier molecular flexibility index (Phi) is 6.84. The Morgan fingerprint density at radius 3 is 2.76 bits per heavy atom. The SMILES string of the molecule is CC(=O)c1c(C2CNCCO2)c2ccc(Nc3ncc(F)c(-c4ccc5nn(C)c(C(C)C)c5c4)n3)cc2oc1=O. The number of nitrogens with zero attached hydrogens (tertiary/aromatic N) is 4. The lowest BCUT2D eigenvalue weighted by Gasteiger charge is -2.26. The van der Waals surface area contributed by atoms with Crippen molar-refractivity contribution in [3.8, 4) is 11.3 Å². The van der Waals surface area contributed by atoms with Crippen molar-refractivity contribution in [1.29, 1.82) is 0 Å². The molecule has 1 aliphatic rings. The van der Waals surface area contributed by atoms with Crippen molar-refractivity contribution in [3.63, 3.8) is 0 Å². The Hall–Kier alpha value is -4.48. The van der Waals surface area contributed by atoms with Crippen LogP contribution >= 0.6 is 0 Å². The van der Waals surface area contributed by atoms with Crippen molar-refractivity contribution in [3.05, 3.63) is 75.7 Å². The molecule has 1 aliphatic heterocycles. The van der Waals surface area contributed by atoms with Crippen LogP contribution in [0.25, 0.3) is 33.1 Å². The molecule has 1 atom stereocenters. The number of fused-ring (bicyclic) bond motifs is 2. The number of carbonyl (C=O) groups is 1. The first-order valence-corrected chi connectivity index (χ1v) is 13.4. The first-order valence-electron chi connectivity index (χ1n) is 13.4. The first-order chi connectivity index (χ1) is 19.7. The molecule has 1 unspecified atom stereocenters. The van der Waals surface area contributed by atoms with Crippen LogP contribution in [0, 0.1) is 5.82 Å². The van der Waals surface area contributed by atoms with Gasteiger partial charge in [-0.1, -0.05) is 19.9 Å². The molecule has 0 bridgehead atoms. The third-order valence-electron chi connectivity index (χ3n) is 7.25. The predicted octanol–water partition coefficient (Wildman–Crippen LogP) is 5.01. The number of ketones is 1. The molecule has 2 aromatic carbocycles. The molecule has 2 N–H and O–H groups in total. The second-order valence-corrected chi connectivity index (χ2v) is 10.4. The minimum Gasteiger partial charge on any atom is -0.422 e. The van der Waals surface area contributed by atoms with Crippen LogP contribution in [0.2, 0.25) is 0 Å². The fraction of sp³-hybridized carbons (Fsp3) is 0.300. The van der Waals surface area contributed by atoms with E-state index in [4.69, 9.17) is 9.15 Å². The minimum absolute atomic E-state index is 0.00960. The van der Waals surface area contributed by atoms with Crippen molar-refractivity contribution in [1.82, 2.24) is 25.1 Å². The summed E-state index contributed by atoms with van der Waals surface area (Å²) in [4.78, 5) is 33.8. The molecule has 0 spiro atoms. The largest absolute Gasteiger partial charge is 0.422 e. The maximum atomic E-state index is 15.0. The lowest BCUT2D eigenvalue weighted by atomic mass is 9.96. The summed E-state index contributed by atoms with van der Waals surface area (Å²) < 4.78 is 28.3. The quantitative estimate of drug-likeness (QED) is 0.219. The van der Waals surface area contributed by atoms with Crippen molar-refractivity contribution in [2.75, 3.05) is 25.0 Å². The first kappa shape index (κ1) is 26.7. The van der Waals surface area contributed by atoms with Gasteiger partial charge in [-0.2, -0.15) is 5.10 Å². The molecule has 41 heavy (non-hydrogen) atoms. The molecule has 1 fully saturated rings. The molecule has 0 aliphatic carbocycles. The third kappa shape index (κ3) is 4.87. The average molecular weight is 557 g/mol. The smallest absolute Gasteiger partial charge is 0.347 e. The van der Waals surface area contributed by atoms with E-state index in [9.17, 15) is 14.0 Å². The molecule has 210 valence electrons. The lowest BCUT2D eigenvalue weighted by Crippen LogP contribution is -2.35. The van der Waals surface area contributed by atoms with E-state index in [1.165, 1.54) is 6.92 Å². The van der Waals surface area contributed by atoms with E-state index in [1.54, 1.807) is 24.3 Å². The summed E-state index contributed by atoms with van der Waals surface area (Å²) in [5.41, 5.74) is 3.19. The predicted molar refractivity (Wildman–Crippen MR) is 153 cm³/mol. The molecule has 6 rings (SSSR count). The molecular weight excluding hydrogens is 527 g/mol. The van der Waals surface area contributed by atoms with Gasteiger partial charge in [0.25, 0.3) is 0 Å². The van der Waals surface area contributed by atoms with E-state index < -0.39 is 17.5 Å². The van der Waals surface area contributed by atoms with Crippen LogP contribution in [-0.4, -0.2) is 45.2 Å². The number of halogens is 1. The summed E-state index contributed by atoms with van der Waals surface area (Å²) in [5, 5.41) is 12.4. The van der Waals surface area contributed by atoms with Crippen molar-refractivity contribution in [2.45, 2.75) is 32.8 Å². The minimum atomic E-state index is -0.724. The molecule has 0 amide bonds. The standard InChI is InChI=1S/C30H29FN6O4/c1-15(2)28-20-11-17(5-8-22(20)36-37(28)4)27-21(31)13-33-30(35-27)34-18-6-7-19-23(12-18)41-29(39)25(16(3)38)26(19)24-14-32-9-10-40-24/h5-8,11-13,15,24,32H,9-10,14H2,1-4H3,(H,33,34,35). The molecule has 10 nitrogen and oxygen atoms in total. The van der Waals surface area contributed by atoms with Crippen LogP contribution in [0.15, 0.2) is 51.8 Å². The highest BCUT2D eigenvalue weighted by Crippen LogP contribution is 2.33. The second-order valence-electron chi connectivity index (χ2n) is 10.4. The zero-order chi connectivity index (χ0) is 28.8. The van der Waals surface area contributed by atoms with Crippen LogP contribution in [0.3, 0.4) is 0 Å². The Balaban J connectivity index is 1.38. The number of Topliss-reactive ketones (excluding diaryl/α,β-unsaturated/α-hetero) is 1.